The fraction of sp³-hybridized carbons (Fsp3) is 0.333. The second-order valence-corrected chi connectivity index (χ2v) is 3.68. The highest BCUT2D eigenvalue weighted by Crippen LogP contribution is 2.20. The minimum Gasteiger partial charge on any atom is -0.507 e. The van der Waals surface area contributed by atoms with E-state index >= 15 is 0 Å². The molecule has 0 saturated heterocycles. The van der Waals surface area contributed by atoms with Crippen LogP contribution in [0.1, 0.15) is 15.9 Å². The van der Waals surface area contributed by atoms with E-state index in [1.54, 1.807) is 6.07 Å². The maximum Gasteiger partial charge on any atom is 0.341 e. The molecule has 0 aliphatic rings. The summed E-state index contributed by atoms with van der Waals surface area (Å²) in [6.07, 6.45) is 0.205. The summed E-state index contributed by atoms with van der Waals surface area (Å²) in [6, 6.07) is 3.55. The summed E-state index contributed by atoms with van der Waals surface area (Å²) >= 11 is 0. The molecule has 6 nitrogen and oxygen atoms in total. The monoisotopic (exact) mass is 289 g/mol. The van der Waals surface area contributed by atoms with Crippen molar-refractivity contribution in [2.45, 2.75) is 12.5 Å². The highest BCUT2D eigenvalue weighted by atomic mass is 35.5. The van der Waals surface area contributed by atoms with E-state index in [4.69, 9.17) is 5.73 Å². The number of esters is 2. The largest absolute Gasteiger partial charge is 0.507 e. The number of carbonyl (C=O) groups is 2. The Morgan fingerprint density at radius 3 is 2.47 bits per heavy atom. The Kier molecular flexibility index (Phi) is 6.89. The molecule has 1 unspecified atom stereocenters. The number of hydrogen-bond donors (Lipinski definition) is 2. The Balaban J connectivity index is 0.00000324. The predicted molar refractivity (Wildman–Crippen MR) is 70.4 cm³/mol. The van der Waals surface area contributed by atoms with Crippen molar-refractivity contribution in [3.8, 4) is 5.75 Å². The van der Waals surface area contributed by atoms with Crippen LogP contribution in [0.25, 0.3) is 0 Å². The second kappa shape index (κ2) is 7.60. The third-order valence-electron chi connectivity index (χ3n) is 2.43. The van der Waals surface area contributed by atoms with Gasteiger partial charge in [0.25, 0.3) is 0 Å². The van der Waals surface area contributed by atoms with Gasteiger partial charge in [-0.15, -0.1) is 12.4 Å². The van der Waals surface area contributed by atoms with Crippen LogP contribution in [0, 0.1) is 0 Å². The second-order valence-electron chi connectivity index (χ2n) is 3.68. The lowest BCUT2D eigenvalue weighted by Gasteiger charge is -2.10. The molecule has 0 heterocycles. The third kappa shape index (κ3) is 4.42. The summed E-state index contributed by atoms with van der Waals surface area (Å²) in [4.78, 5) is 22.5. The lowest BCUT2D eigenvalue weighted by molar-refractivity contribution is -0.142. The molecule has 0 aromatic heterocycles. The molecule has 1 rings (SSSR count). The van der Waals surface area contributed by atoms with Gasteiger partial charge in [-0.2, -0.15) is 0 Å². The Labute approximate surface area is 116 Å². The maximum absolute atomic E-state index is 11.4. The van der Waals surface area contributed by atoms with E-state index in [1.807, 2.05) is 0 Å². The number of methoxy groups -OCH3 is 2. The highest BCUT2D eigenvalue weighted by molar-refractivity contribution is 5.92. The van der Waals surface area contributed by atoms with Gasteiger partial charge in [-0.25, -0.2) is 4.79 Å². The van der Waals surface area contributed by atoms with E-state index in [2.05, 4.69) is 9.47 Å². The average molecular weight is 290 g/mol. The van der Waals surface area contributed by atoms with E-state index in [-0.39, 0.29) is 30.1 Å². The Bertz CT molecular complexity index is 463. The standard InChI is InChI=1S/C12H15NO5.ClH/c1-17-11(15)8-5-7(3-4-10(8)14)6-9(13)12(16)18-2;/h3-5,9,14H,6,13H2,1-2H3;1H. The van der Waals surface area contributed by atoms with Gasteiger partial charge in [0.2, 0.25) is 0 Å². The number of aromatic hydroxyl groups is 1. The summed E-state index contributed by atoms with van der Waals surface area (Å²) in [5, 5.41) is 9.50. The Hall–Kier alpha value is -1.79. The van der Waals surface area contributed by atoms with E-state index in [9.17, 15) is 14.7 Å². The highest BCUT2D eigenvalue weighted by Gasteiger charge is 2.17. The third-order valence-corrected chi connectivity index (χ3v) is 2.43. The van der Waals surface area contributed by atoms with Crippen molar-refractivity contribution in [2.24, 2.45) is 5.73 Å². The molecule has 0 fully saturated rings. The van der Waals surface area contributed by atoms with Crippen molar-refractivity contribution in [1.82, 2.24) is 0 Å². The fourth-order valence-corrected chi connectivity index (χ4v) is 1.47. The molecule has 0 radical (unpaired) electrons. The van der Waals surface area contributed by atoms with E-state index in [0.29, 0.717) is 5.56 Å². The molecule has 0 amide bonds. The first-order valence-corrected chi connectivity index (χ1v) is 5.23. The summed E-state index contributed by atoms with van der Waals surface area (Å²) in [7, 11) is 2.47. The molecule has 0 saturated carbocycles. The molecular formula is C12H16ClNO5. The number of phenolic OH excluding ortho intramolecular Hbond substituents is 1. The molecule has 0 aliphatic carbocycles. The summed E-state index contributed by atoms with van der Waals surface area (Å²) in [5.41, 5.74) is 6.27. The van der Waals surface area contributed by atoms with Crippen LogP contribution in [0.15, 0.2) is 18.2 Å². The number of benzene rings is 1. The van der Waals surface area contributed by atoms with Gasteiger partial charge in [0, 0.05) is 0 Å². The summed E-state index contributed by atoms with van der Waals surface area (Å²) < 4.78 is 9.03. The van der Waals surface area contributed by atoms with Crippen LogP contribution < -0.4 is 5.73 Å². The van der Waals surface area contributed by atoms with Crippen LogP contribution in [0.5, 0.6) is 5.75 Å². The van der Waals surface area contributed by atoms with Gasteiger partial charge in [0.05, 0.1) is 14.2 Å². The van der Waals surface area contributed by atoms with Crippen LogP contribution in [0.4, 0.5) is 0 Å². The van der Waals surface area contributed by atoms with Crippen molar-refractivity contribution in [3.63, 3.8) is 0 Å². The maximum atomic E-state index is 11.4. The molecule has 0 bridgehead atoms. The van der Waals surface area contributed by atoms with Gasteiger partial charge < -0.3 is 20.3 Å². The molecule has 0 spiro atoms. The first kappa shape index (κ1) is 17.2. The van der Waals surface area contributed by atoms with Gasteiger partial charge in [0.15, 0.2) is 0 Å². The Morgan fingerprint density at radius 2 is 1.95 bits per heavy atom. The van der Waals surface area contributed by atoms with Gasteiger partial charge in [-0.1, -0.05) is 6.07 Å². The molecular weight excluding hydrogens is 274 g/mol. The average Bonchev–Trinajstić information content (AvgIpc) is 2.38. The number of hydrogen-bond acceptors (Lipinski definition) is 6. The van der Waals surface area contributed by atoms with Gasteiger partial charge in [-0.3, -0.25) is 4.79 Å². The van der Waals surface area contributed by atoms with Crippen molar-refractivity contribution in [3.05, 3.63) is 29.3 Å². The Morgan fingerprint density at radius 1 is 1.32 bits per heavy atom. The smallest absolute Gasteiger partial charge is 0.341 e. The molecule has 0 aliphatic heterocycles. The first-order chi connectivity index (χ1) is 8.49. The minimum atomic E-state index is -0.815. The topological polar surface area (TPSA) is 98.9 Å². The predicted octanol–water partition coefficient (Wildman–Crippen LogP) is 0.643. The molecule has 19 heavy (non-hydrogen) atoms. The molecule has 1 aromatic carbocycles. The lowest BCUT2D eigenvalue weighted by Crippen LogP contribution is -2.33. The fourth-order valence-electron chi connectivity index (χ4n) is 1.47. The van der Waals surface area contributed by atoms with Crippen molar-refractivity contribution in [2.75, 3.05) is 14.2 Å². The van der Waals surface area contributed by atoms with Crippen molar-refractivity contribution in [1.29, 1.82) is 0 Å². The molecule has 106 valence electrons. The number of carbonyl (C=O) groups excluding carboxylic acids is 2. The van der Waals surface area contributed by atoms with E-state index in [1.165, 1.54) is 26.4 Å². The van der Waals surface area contributed by atoms with Crippen LogP contribution in [-0.4, -0.2) is 37.3 Å². The van der Waals surface area contributed by atoms with Gasteiger partial charge in [-0.05, 0) is 24.1 Å². The zero-order chi connectivity index (χ0) is 13.7. The van der Waals surface area contributed by atoms with Crippen LogP contribution in [0.2, 0.25) is 0 Å². The summed E-state index contributed by atoms with van der Waals surface area (Å²) in [5.74, 6) is -1.37. The zero-order valence-corrected chi connectivity index (χ0v) is 11.4. The van der Waals surface area contributed by atoms with Gasteiger partial charge >= 0.3 is 11.9 Å². The van der Waals surface area contributed by atoms with E-state index in [0.717, 1.165) is 0 Å². The summed E-state index contributed by atoms with van der Waals surface area (Å²) in [6.45, 7) is 0. The number of halogens is 1. The van der Waals surface area contributed by atoms with Crippen LogP contribution in [0.3, 0.4) is 0 Å². The normalized spacial score (nSPS) is 11.1. The molecule has 3 N–H and O–H groups in total. The van der Waals surface area contributed by atoms with Crippen molar-refractivity contribution >= 4 is 24.3 Å². The first-order valence-electron chi connectivity index (χ1n) is 5.23. The number of nitrogens with two attached hydrogens (primary N) is 1. The van der Waals surface area contributed by atoms with E-state index < -0.39 is 18.0 Å². The van der Waals surface area contributed by atoms with Crippen molar-refractivity contribution < 1.29 is 24.2 Å². The lowest BCUT2D eigenvalue weighted by atomic mass is 10.0. The quantitative estimate of drug-likeness (QED) is 0.789. The SMILES string of the molecule is COC(=O)c1cc(CC(N)C(=O)OC)ccc1O.Cl. The van der Waals surface area contributed by atoms with Crippen LogP contribution >= 0.6 is 12.4 Å². The number of ether oxygens (including phenoxy) is 2. The molecule has 1 atom stereocenters. The number of rotatable bonds is 4. The molecule has 7 heteroatoms. The van der Waals surface area contributed by atoms with Crippen LogP contribution in [-0.2, 0) is 20.7 Å². The molecule has 1 aromatic rings. The minimum absolute atomic E-state index is 0. The zero-order valence-electron chi connectivity index (χ0n) is 10.6. The van der Waals surface area contributed by atoms with Gasteiger partial charge in [0.1, 0.15) is 17.4 Å². The number of phenols is 1.